The van der Waals surface area contributed by atoms with E-state index in [1.165, 1.54) is 15.9 Å². The van der Waals surface area contributed by atoms with Crippen LogP contribution >= 0.6 is 11.6 Å². The van der Waals surface area contributed by atoms with Crippen LogP contribution in [0.1, 0.15) is 27.6 Å². The Bertz CT molecular complexity index is 1680. The minimum Gasteiger partial charge on any atom is -0.357 e. The van der Waals surface area contributed by atoms with Gasteiger partial charge < -0.3 is 14.8 Å². The van der Waals surface area contributed by atoms with Gasteiger partial charge >= 0.3 is 0 Å². The highest BCUT2D eigenvalue weighted by molar-refractivity contribution is 6.45. The molecule has 2 amide bonds. The first kappa shape index (κ1) is 23.8. The number of ketones is 1. The van der Waals surface area contributed by atoms with Crippen molar-refractivity contribution in [3.63, 3.8) is 0 Å². The summed E-state index contributed by atoms with van der Waals surface area (Å²) >= 11 is 6.31. The summed E-state index contributed by atoms with van der Waals surface area (Å²) in [5.74, 6) is -1.46. The Labute approximate surface area is 221 Å². The van der Waals surface area contributed by atoms with Gasteiger partial charge in [0.2, 0.25) is 0 Å². The third-order valence-corrected chi connectivity index (χ3v) is 6.91. The summed E-state index contributed by atoms with van der Waals surface area (Å²) < 4.78 is 0. The number of carbonyl (C=O) groups excluding carboxylic acids is 3. The number of H-pyrrole nitrogens is 1. The van der Waals surface area contributed by atoms with E-state index in [1.807, 2.05) is 49.4 Å². The highest BCUT2D eigenvalue weighted by Gasteiger charge is 2.34. The molecule has 3 aromatic heterocycles. The van der Waals surface area contributed by atoms with Gasteiger partial charge in [0, 0.05) is 43.5 Å². The van der Waals surface area contributed by atoms with Crippen LogP contribution in [0.4, 0.5) is 0 Å². The van der Waals surface area contributed by atoms with E-state index >= 15 is 0 Å². The Morgan fingerprint density at radius 1 is 0.974 bits per heavy atom. The van der Waals surface area contributed by atoms with Gasteiger partial charge in [-0.1, -0.05) is 41.9 Å². The molecule has 1 N–H and O–H groups in total. The van der Waals surface area contributed by atoms with Gasteiger partial charge in [0.15, 0.2) is 0 Å². The number of aromatic nitrogens is 5. The van der Waals surface area contributed by atoms with Gasteiger partial charge in [-0.2, -0.15) is 0 Å². The van der Waals surface area contributed by atoms with Gasteiger partial charge in [0.05, 0.1) is 11.1 Å². The SMILES string of the molecule is C[C@@H]1CN(C(=O)C(=O)c2c[nH]c3c(-n4nc5ccccc5n4)cc(Cl)nc23)CCN1C(=O)c1ccccc1. The molecule has 1 aliphatic rings. The van der Waals surface area contributed by atoms with Gasteiger partial charge in [-0.3, -0.25) is 14.4 Å². The highest BCUT2D eigenvalue weighted by Crippen LogP contribution is 2.27. The normalized spacial score (nSPS) is 15.8. The van der Waals surface area contributed by atoms with Crippen molar-refractivity contribution >= 4 is 51.3 Å². The molecular weight excluding hydrogens is 506 g/mol. The summed E-state index contributed by atoms with van der Waals surface area (Å²) in [6.07, 6.45) is 1.46. The minimum absolute atomic E-state index is 0.0978. The lowest BCUT2D eigenvalue weighted by molar-refractivity contribution is -0.128. The minimum atomic E-state index is -0.703. The topological polar surface area (TPSA) is 117 Å². The third-order valence-electron chi connectivity index (χ3n) is 6.72. The molecule has 0 bridgehead atoms. The number of aromatic amines is 1. The number of nitrogens with zero attached hydrogens (tertiary/aromatic N) is 6. The summed E-state index contributed by atoms with van der Waals surface area (Å²) in [5, 5.41) is 9.13. The fourth-order valence-electron chi connectivity index (χ4n) is 4.80. The van der Waals surface area contributed by atoms with E-state index in [0.29, 0.717) is 34.3 Å². The zero-order valence-corrected chi connectivity index (χ0v) is 21.1. The Balaban J connectivity index is 1.25. The van der Waals surface area contributed by atoms with E-state index in [9.17, 15) is 14.4 Å². The molecule has 4 heterocycles. The molecule has 1 atom stereocenters. The number of piperazine rings is 1. The van der Waals surface area contributed by atoms with Crippen molar-refractivity contribution in [3.8, 4) is 5.69 Å². The summed E-state index contributed by atoms with van der Waals surface area (Å²) in [7, 11) is 0. The van der Waals surface area contributed by atoms with E-state index in [4.69, 9.17) is 11.6 Å². The van der Waals surface area contributed by atoms with Crippen LogP contribution in [0.15, 0.2) is 66.9 Å². The first-order valence-corrected chi connectivity index (χ1v) is 12.5. The number of benzene rings is 2. The van der Waals surface area contributed by atoms with Crippen LogP contribution in [-0.2, 0) is 4.79 Å². The van der Waals surface area contributed by atoms with Gasteiger partial charge in [-0.15, -0.1) is 15.0 Å². The lowest BCUT2D eigenvalue weighted by Crippen LogP contribution is -2.56. The van der Waals surface area contributed by atoms with Crippen LogP contribution in [-0.4, -0.2) is 78.0 Å². The largest absolute Gasteiger partial charge is 0.357 e. The molecule has 0 aliphatic carbocycles. The highest BCUT2D eigenvalue weighted by atomic mass is 35.5. The van der Waals surface area contributed by atoms with Gasteiger partial charge in [0.1, 0.15) is 27.4 Å². The number of rotatable bonds is 4. The number of halogens is 1. The van der Waals surface area contributed by atoms with Crippen LogP contribution in [0.25, 0.3) is 27.8 Å². The average Bonchev–Trinajstić information content (AvgIpc) is 3.56. The molecule has 190 valence electrons. The monoisotopic (exact) mass is 527 g/mol. The smallest absolute Gasteiger partial charge is 0.295 e. The summed E-state index contributed by atoms with van der Waals surface area (Å²) in [4.78, 5) is 51.5. The fraction of sp³-hybridized carbons (Fsp3) is 0.185. The Morgan fingerprint density at radius 2 is 1.66 bits per heavy atom. The van der Waals surface area contributed by atoms with Crippen molar-refractivity contribution in [2.75, 3.05) is 19.6 Å². The standard InChI is InChI=1S/C27H22ClN7O3/c1-16-15-33(11-12-34(16)26(37)17-7-3-2-4-8-17)27(38)25(36)18-14-29-24-21(13-22(28)30-23(18)24)35-31-19-9-5-6-10-20(19)32-35/h2-10,13-14,16,29H,11-12,15H2,1H3/t16-/m1/s1. The molecule has 0 unspecified atom stereocenters. The number of pyridine rings is 1. The number of fused-ring (bicyclic) bond motifs is 2. The van der Waals surface area contributed by atoms with Crippen molar-refractivity contribution in [3.05, 3.63) is 83.1 Å². The van der Waals surface area contributed by atoms with Gasteiger partial charge in [-0.05, 0) is 31.2 Å². The maximum absolute atomic E-state index is 13.3. The molecule has 1 saturated heterocycles. The second-order valence-corrected chi connectivity index (χ2v) is 9.55. The van der Waals surface area contributed by atoms with Crippen molar-refractivity contribution in [1.82, 2.24) is 34.8 Å². The molecule has 0 radical (unpaired) electrons. The van der Waals surface area contributed by atoms with Crippen LogP contribution in [0, 0.1) is 0 Å². The summed E-state index contributed by atoms with van der Waals surface area (Å²) in [6.45, 7) is 2.69. The third kappa shape index (κ3) is 4.08. The van der Waals surface area contributed by atoms with Crippen molar-refractivity contribution in [2.24, 2.45) is 0 Å². The average molecular weight is 528 g/mol. The molecule has 6 rings (SSSR count). The predicted molar refractivity (Wildman–Crippen MR) is 141 cm³/mol. The first-order chi connectivity index (χ1) is 18.4. The number of Topliss-reactive ketones (excluding diaryl/α,β-unsaturated/α-hetero) is 1. The quantitative estimate of drug-likeness (QED) is 0.217. The second kappa shape index (κ2) is 9.38. The van der Waals surface area contributed by atoms with Crippen LogP contribution < -0.4 is 0 Å². The van der Waals surface area contributed by atoms with Crippen LogP contribution in [0.3, 0.4) is 0 Å². The van der Waals surface area contributed by atoms with E-state index in [-0.39, 0.29) is 41.3 Å². The maximum atomic E-state index is 13.3. The zero-order chi connectivity index (χ0) is 26.4. The maximum Gasteiger partial charge on any atom is 0.295 e. The Kier molecular flexibility index (Phi) is 5.88. The molecule has 2 aromatic carbocycles. The number of amides is 2. The molecule has 1 aliphatic heterocycles. The van der Waals surface area contributed by atoms with E-state index in [0.717, 1.165) is 0 Å². The number of hydrogen-bond acceptors (Lipinski definition) is 6. The molecule has 0 saturated carbocycles. The first-order valence-electron chi connectivity index (χ1n) is 12.1. The molecule has 5 aromatic rings. The van der Waals surface area contributed by atoms with Crippen molar-refractivity contribution in [2.45, 2.75) is 13.0 Å². The fourth-order valence-corrected chi connectivity index (χ4v) is 4.99. The number of nitrogens with one attached hydrogen (secondary N) is 1. The van der Waals surface area contributed by atoms with E-state index < -0.39 is 11.7 Å². The predicted octanol–water partition coefficient (Wildman–Crippen LogP) is 3.51. The lowest BCUT2D eigenvalue weighted by atomic mass is 10.1. The Morgan fingerprint density at radius 3 is 2.34 bits per heavy atom. The lowest BCUT2D eigenvalue weighted by Gasteiger charge is -2.39. The molecule has 0 spiro atoms. The van der Waals surface area contributed by atoms with E-state index in [2.05, 4.69) is 20.2 Å². The Hall–Kier alpha value is -4.57. The van der Waals surface area contributed by atoms with Gasteiger partial charge in [-0.25, -0.2) is 4.98 Å². The second-order valence-electron chi connectivity index (χ2n) is 9.16. The number of carbonyl (C=O) groups is 3. The number of hydrogen-bond donors (Lipinski definition) is 1. The molecule has 38 heavy (non-hydrogen) atoms. The summed E-state index contributed by atoms with van der Waals surface area (Å²) in [6, 6.07) is 17.8. The molecule has 1 fully saturated rings. The van der Waals surface area contributed by atoms with Crippen LogP contribution in [0.5, 0.6) is 0 Å². The summed E-state index contributed by atoms with van der Waals surface area (Å²) in [5.41, 5.74) is 3.35. The molecule has 11 heteroatoms. The molecular formula is C27H22ClN7O3. The van der Waals surface area contributed by atoms with Crippen LogP contribution in [0.2, 0.25) is 5.15 Å². The van der Waals surface area contributed by atoms with Gasteiger partial charge in [0.25, 0.3) is 17.6 Å². The van der Waals surface area contributed by atoms with Crippen molar-refractivity contribution < 1.29 is 14.4 Å². The van der Waals surface area contributed by atoms with E-state index in [1.54, 1.807) is 23.1 Å². The molecule has 10 nitrogen and oxygen atoms in total. The van der Waals surface area contributed by atoms with Crippen molar-refractivity contribution in [1.29, 1.82) is 0 Å². The zero-order valence-electron chi connectivity index (χ0n) is 20.3.